The zero-order valence-electron chi connectivity index (χ0n) is 21.3. The SMILES string of the molecule is C[C@@H]1CN(C(CC2CC2)C2=CNC(c3cccc(C4(Cc5nncn5C)COC4)c3)C2)CCC1(F)F. The molecule has 3 fully saturated rings. The minimum absolute atomic E-state index is 0.0306. The van der Waals surface area contributed by atoms with Gasteiger partial charge >= 0.3 is 0 Å². The van der Waals surface area contributed by atoms with Crippen LogP contribution in [-0.4, -0.2) is 57.9 Å². The van der Waals surface area contributed by atoms with Gasteiger partial charge in [0.1, 0.15) is 12.2 Å². The van der Waals surface area contributed by atoms with Crippen molar-refractivity contribution < 1.29 is 13.5 Å². The van der Waals surface area contributed by atoms with Crippen molar-refractivity contribution >= 4 is 0 Å². The molecule has 0 spiro atoms. The third-order valence-electron chi connectivity index (χ3n) is 8.95. The van der Waals surface area contributed by atoms with E-state index in [1.54, 1.807) is 13.3 Å². The van der Waals surface area contributed by atoms with E-state index in [0.29, 0.717) is 26.3 Å². The molecule has 36 heavy (non-hydrogen) atoms. The minimum Gasteiger partial charge on any atom is -0.384 e. The molecule has 3 aliphatic heterocycles. The van der Waals surface area contributed by atoms with Gasteiger partial charge in [0.25, 0.3) is 5.92 Å². The number of ether oxygens (including phenoxy) is 1. The lowest BCUT2D eigenvalue weighted by Crippen LogP contribution is -2.50. The summed E-state index contributed by atoms with van der Waals surface area (Å²) in [5.74, 6) is -1.42. The maximum Gasteiger partial charge on any atom is 0.253 e. The Kier molecular flexibility index (Phi) is 6.15. The number of piperidine rings is 1. The molecule has 6 nitrogen and oxygen atoms in total. The van der Waals surface area contributed by atoms with E-state index in [1.165, 1.54) is 29.5 Å². The molecule has 194 valence electrons. The molecule has 1 aliphatic carbocycles. The van der Waals surface area contributed by atoms with Gasteiger partial charge in [0, 0.05) is 50.4 Å². The van der Waals surface area contributed by atoms with Crippen molar-refractivity contribution in [1.29, 1.82) is 0 Å². The van der Waals surface area contributed by atoms with Gasteiger partial charge < -0.3 is 14.6 Å². The second-order valence-corrected chi connectivity index (χ2v) is 11.7. The lowest BCUT2D eigenvalue weighted by atomic mass is 9.75. The highest BCUT2D eigenvalue weighted by molar-refractivity contribution is 5.37. The Balaban J connectivity index is 1.18. The van der Waals surface area contributed by atoms with E-state index in [2.05, 4.69) is 50.9 Å². The van der Waals surface area contributed by atoms with Gasteiger partial charge in [-0.25, -0.2) is 8.78 Å². The van der Waals surface area contributed by atoms with Crippen LogP contribution >= 0.6 is 0 Å². The van der Waals surface area contributed by atoms with Crippen molar-refractivity contribution in [2.45, 2.75) is 68.9 Å². The molecule has 4 aliphatic rings. The second kappa shape index (κ2) is 9.21. The van der Waals surface area contributed by atoms with E-state index < -0.39 is 11.8 Å². The lowest BCUT2D eigenvalue weighted by molar-refractivity contribution is -0.104. The molecule has 2 unspecified atom stereocenters. The Bertz CT molecular complexity index is 1120. The highest BCUT2D eigenvalue weighted by atomic mass is 19.3. The molecule has 1 N–H and O–H groups in total. The summed E-state index contributed by atoms with van der Waals surface area (Å²) in [6, 6.07) is 9.35. The number of nitrogens with zero attached hydrogens (tertiary/aromatic N) is 4. The predicted molar refractivity (Wildman–Crippen MR) is 134 cm³/mol. The van der Waals surface area contributed by atoms with Crippen LogP contribution in [0, 0.1) is 11.8 Å². The molecule has 2 saturated heterocycles. The zero-order valence-corrected chi connectivity index (χ0v) is 21.3. The van der Waals surface area contributed by atoms with Crippen LogP contribution in [0.5, 0.6) is 0 Å². The smallest absolute Gasteiger partial charge is 0.253 e. The average Bonchev–Trinajstić information content (AvgIpc) is 3.36. The van der Waals surface area contributed by atoms with Gasteiger partial charge in [0.15, 0.2) is 0 Å². The van der Waals surface area contributed by atoms with E-state index in [-0.39, 0.29) is 23.9 Å². The summed E-state index contributed by atoms with van der Waals surface area (Å²) in [7, 11) is 1.98. The molecule has 1 saturated carbocycles. The fraction of sp³-hybridized carbons (Fsp3) is 0.643. The number of hydrogen-bond donors (Lipinski definition) is 1. The summed E-state index contributed by atoms with van der Waals surface area (Å²) >= 11 is 0. The maximum atomic E-state index is 14.2. The van der Waals surface area contributed by atoms with Gasteiger partial charge in [0.2, 0.25) is 0 Å². The number of alkyl halides is 2. The lowest BCUT2D eigenvalue weighted by Gasteiger charge is -2.42. The van der Waals surface area contributed by atoms with E-state index in [1.807, 2.05) is 11.6 Å². The molecular weight excluding hydrogens is 460 g/mol. The Morgan fingerprint density at radius 2 is 2.08 bits per heavy atom. The highest BCUT2D eigenvalue weighted by Crippen LogP contribution is 2.43. The van der Waals surface area contributed by atoms with Gasteiger partial charge in [-0.2, -0.15) is 0 Å². The van der Waals surface area contributed by atoms with Crippen molar-refractivity contribution in [1.82, 2.24) is 25.0 Å². The molecule has 4 heterocycles. The van der Waals surface area contributed by atoms with Gasteiger partial charge in [-0.1, -0.05) is 44.0 Å². The maximum absolute atomic E-state index is 14.2. The third kappa shape index (κ3) is 4.58. The third-order valence-corrected chi connectivity index (χ3v) is 8.95. The second-order valence-electron chi connectivity index (χ2n) is 11.7. The Morgan fingerprint density at radius 3 is 2.75 bits per heavy atom. The van der Waals surface area contributed by atoms with Crippen LogP contribution in [0.1, 0.15) is 62.0 Å². The first-order valence-corrected chi connectivity index (χ1v) is 13.4. The molecule has 2 aromatic rings. The predicted octanol–water partition coefficient (Wildman–Crippen LogP) is 4.39. The molecule has 1 aromatic carbocycles. The van der Waals surface area contributed by atoms with Crippen molar-refractivity contribution in [3.8, 4) is 0 Å². The monoisotopic (exact) mass is 497 g/mol. The summed E-state index contributed by atoms with van der Waals surface area (Å²) in [5.41, 5.74) is 3.85. The fourth-order valence-corrected chi connectivity index (χ4v) is 6.18. The quantitative estimate of drug-likeness (QED) is 0.586. The van der Waals surface area contributed by atoms with Crippen molar-refractivity contribution in [2.24, 2.45) is 18.9 Å². The molecule has 8 heteroatoms. The van der Waals surface area contributed by atoms with E-state index in [0.717, 1.165) is 31.0 Å². The Labute approximate surface area is 212 Å². The zero-order chi connectivity index (χ0) is 24.9. The number of likely N-dealkylation sites (tertiary alicyclic amines) is 1. The normalized spacial score (nSPS) is 28.3. The van der Waals surface area contributed by atoms with Crippen LogP contribution in [0.15, 0.2) is 42.4 Å². The summed E-state index contributed by atoms with van der Waals surface area (Å²) in [5, 5.41) is 12.0. The van der Waals surface area contributed by atoms with Gasteiger partial charge in [-0.05, 0) is 41.7 Å². The van der Waals surface area contributed by atoms with Gasteiger partial charge in [-0.15, -0.1) is 10.2 Å². The summed E-state index contributed by atoms with van der Waals surface area (Å²) in [4.78, 5) is 2.34. The van der Waals surface area contributed by atoms with Gasteiger partial charge in [-0.3, -0.25) is 4.90 Å². The number of rotatable bonds is 8. The fourth-order valence-electron chi connectivity index (χ4n) is 6.18. The molecule has 0 radical (unpaired) electrons. The highest BCUT2D eigenvalue weighted by Gasteiger charge is 2.45. The van der Waals surface area contributed by atoms with Crippen LogP contribution in [0.25, 0.3) is 0 Å². The molecule has 6 rings (SSSR count). The standard InChI is InChI=1S/C28H37F2N5O/c1-19-15-35(9-8-28(19,29)30)25(10-20-6-7-20)22-12-24(31-14-22)21-4-3-5-23(11-21)27(16-36-17-27)13-26-33-32-18-34(26)2/h3-5,11,14,18-20,24-25,31H,6-10,12-13,15-17H2,1-2H3/t19-,24?,25?/m1/s1. The molecular formula is C28H37F2N5O. The number of hydrogen-bond acceptors (Lipinski definition) is 5. The Morgan fingerprint density at radius 1 is 1.25 bits per heavy atom. The number of aryl methyl sites for hydroxylation is 1. The summed E-state index contributed by atoms with van der Waals surface area (Å²) in [6.07, 6.45) is 9.27. The van der Waals surface area contributed by atoms with Crippen molar-refractivity contribution in [2.75, 3.05) is 26.3 Å². The minimum atomic E-state index is -2.54. The van der Waals surface area contributed by atoms with Crippen LogP contribution in [0.2, 0.25) is 0 Å². The molecule has 0 amide bonds. The molecule has 1 aromatic heterocycles. The van der Waals surface area contributed by atoms with Crippen LogP contribution in [-0.2, 0) is 23.6 Å². The average molecular weight is 498 g/mol. The van der Waals surface area contributed by atoms with Crippen LogP contribution < -0.4 is 5.32 Å². The molecule has 3 atom stereocenters. The first-order chi connectivity index (χ1) is 17.3. The largest absolute Gasteiger partial charge is 0.384 e. The van der Waals surface area contributed by atoms with Crippen LogP contribution in [0.3, 0.4) is 0 Å². The van der Waals surface area contributed by atoms with Crippen molar-refractivity contribution in [3.05, 3.63) is 59.3 Å². The summed E-state index contributed by atoms with van der Waals surface area (Å²) in [6.45, 7) is 4.04. The van der Waals surface area contributed by atoms with Gasteiger partial charge in [0.05, 0.1) is 19.3 Å². The van der Waals surface area contributed by atoms with Crippen molar-refractivity contribution in [3.63, 3.8) is 0 Å². The van der Waals surface area contributed by atoms with E-state index in [4.69, 9.17) is 4.74 Å². The van der Waals surface area contributed by atoms with E-state index >= 15 is 0 Å². The van der Waals surface area contributed by atoms with E-state index in [9.17, 15) is 8.78 Å². The molecule has 0 bridgehead atoms. The first-order valence-electron chi connectivity index (χ1n) is 13.4. The number of aromatic nitrogens is 3. The topological polar surface area (TPSA) is 55.2 Å². The Hall–Kier alpha value is -2.32. The summed E-state index contributed by atoms with van der Waals surface area (Å²) < 4.78 is 36.1. The first kappa shape index (κ1) is 24.0. The number of nitrogens with one attached hydrogen (secondary N) is 1. The number of benzene rings is 1. The van der Waals surface area contributed by atoms with Crippen LogP contribution in [0.4, 0.5) is 8.78 Å². The number of halogens is 2.